The van der Waals surface area contributed by atoms with Crippen molar-refractivity contribution in [1.29, 1.82) is 0 Å². The van der Waals surface area contributed by atoms with Crippen molar-refractivity contribution in [3.63, 3.8) is 0 Å². The zero-order valence-corrected chi connectivity index (χ0v) is 10.0. The number of carbonyl (C=O) groups is 3. The summed E-state index contributed by atoms with van der Waals surface area (Å²) in [5.41, 5.74) is 3.70. The Morgan fingerprint density at radius 1 is 1.50 bits per heavy atom. The fraction of sp³-hybridized carbons (Fsp3) is 0.667. The van der Waals surface area contributed by atoms with E-state index in [4.69, 9.17) is 5.11 Å². The minimum absolute atomic E-state index is 0.153. The second-order valence-corrected chi connectivity index (χ2v) is 3.81. The molecule has 1 fully saturated rings. The summed E-state index contributed by atoms with van der Waals surface area (Å²) in [6, 6.07) is -1.03. The van der Waals surface area contributed by atoms with Crippen molar-refractivity contribution >= 4 is 18.2 Å². The summed E-state index contributed by atoms with van der Waals surface area (Å²) in [4.78, 5) is 34.4. The molecular weight excluding hydrogens is 242 g/mol. The van der Waals surface area contributed by atoms with E-state index in [1.165, 1.54) is 0 Å². The number of hydrogen-bond donors (Lipinski definition) is 5. The van der Waals surface area contributed by atoms with Crippen molar-refractivity contribution in [2.45, 2.75) is 19.4 Å². The lowest BCUT2D eigenvalue weighted by molar-refractivity contribution is 0.185. The van der Waals surface area contributed by atoms with Crippen molar-refractivity contribution in [3.05, 3.63) is 0 Å². The zero-order valence-electron chi connectivity index (χ0n) is 10.0. The molecule has 1 rings (SSSR count). The van der Waals surface area contributed by atoms with Gasteiger partial charge in [0.2, 0.25) is 0 Å². The smallest absolute Gasteiger partial charge is 0.423 e. The van der Waals surface area contributed by atoms with Crippen LogP contribution < -0.4 is 21.5 Å². The second-order valence-electron chi connectivity index (χ2n) is 3.81. The molecule has 5 amide bonds. The molecule has 0 radical (unpaired) electrons. The number of hydrogen-bond acceptors (Lipinski definition) is 3. The highest BCUT2D eigenvalue weighted by Crippen LogP contribution is 2.01. The van der Waals surface area contributed by atoms with Gasteiger partial charge in [-0.2, -0.15) is 0 Å². The van der Waals surface area contributed by atoms with Crippen molar-refractivity contribution in [1.82, 2.24) is 26.4 Å². The number of rotatable bonds is 4. The summed E-state index contributed by atoms with van der Waals surface area (Å²) in [5, 5.41) is 13.5. The third-order valence-corrected chi connectivity index (χ3v) is 2.50. The van der Waals surface area contributed by atoms with E-state index in [1.807, 2.05) is 12.3 Å². The molecule has 1 heterocycles. The van der Waals surface area contributed by atoms with Gasteiger partial charge in [-0.15, -0.1) is 0 Å². The van der Waals surface area contributed by atoms with Gasteiger partial charge in [0, 0.05) is 25.7 Å². The normalized spacial score (nSPS) is 15.8. The summed E-state index contributed by atoms with van der Waals surface area (Å²) in [6.45, 7) is 3.46. The highest BCUT2D eigenvalue weighted by Gasteiger charge is 2.23. The summed E-state index contributed by atoms with van der Waals surface area (Å²) >= 11 is 0. The van der Waals surface area contributed by atoms with Crippen LogP contribution in [0.25, 0.3) is 0 Å². The van der Waals surface area contributed by atoms with Crippen LogP contribution in [0.4, 0.5) is 14.4 Å². The molecule has 1 aliphatic rings. The summed E-state index contributed by atoms with van der Waals surface area (Å²) < 4.78 is 0. The molecule has 9 heteroatoms. The van der Waals surface area contributed by atoms with E-state index in [2.05, 4.69) is 10.6 Å². The average molecular weight is 259 g/mol. The molecule has 102 valence electrons. The Hall–Kier alpha value is -2.19. The lowest BCUT2D eigenvalue weighted by Crippen LogP contribution is -2.52. The van der Waals surface area contributed by atoms with Crippen molar-refractivity contribution in [2.24, 2.45) is 0 Å². The average Bonchev–Trinajstić information content (AvgIpc) is 2.71. The Morgan fingerprint density at radius 2 is 2.22 bits per heavy atom. The van der Waals surface area contributed by atoms with Gasteiger partial charge in [-0.1, -0.05) is 6.92 Å². The first-order chi connectivity index (χ1) is 8.52. The largest absolute Gasteiger partial charge is 0.464 e. The van der Waals surface area contributed by atoms with Gasteiger partial charge >= 0.3 is 18.2 Å². The summed E-state index contributed by atoms with van der Waals surface area (Å²) in [6.07, 6.45) is -0.721. The molecule has 1 saturated heterocycles. The monoisotopic (exact) mass is 259 g/mol. The Balaban J connectivity index is 2.34. The topological polar surface area (TPSA) is 123 Å². The minimum Gasteiger partial charge on any atom is -0.464 e. The molecule has 0 spiro atoms. The van der Waals surface area contributed by atoms with Crippen LogP contribution in [-0.2, 0) is 0 Å². The van der Waals surface area contributed by atoms with Crippen LogP contribution in [0.15, 0.2) is 0 Å². The third kappa shape index (κ3) is 4.36. The quantitative estimate of drug-likeness (QED) is 0.427. The van der Waals surface area contributed by atoms with Gasteiger partial charge in [0.25, 0.3) is 0 Å². The van der Waals surface area contributed by atoms with Crippen LogP contribution >= 0.6 is 0 Å². The summed E-state index contributed by atoms with van der Waals surface area (Å²) in [7, 11) is 0. The molecule has 1 atom stereocenters. The number of carbonyl (C=O) groups excluding carboxylic acids is 2. The molecular formula is C9H17N5O4. The number of carboxylic acid groups (broad SMARTS) is 1. The van der Waals surface area contributed by atoms with Gasteiger partial charge in [0.05, 0.1) is 0 Å². The highest BCUT2D eigenvalue weighted by molar-refractivity contribution is 5.78. The van der Waals surface area contributed by atoms with Gasteiger partial charge in [-0.25, -0.2) is 25.2 Å². The number of hydrazine groups is 1. The first-order valence-corrected chi connectivity index (χ1v) is 5.61. The molecule has 1 unspecified atom stereocenters. The zero-order chi connectivity index (χ0) is 13.5. The van der Waals surface area contributed by atoms with Crippen molar-refractivity contribution in [2.75, 3.05) is 19.6 Å². The Labute approximate surface area is 104 Å². The summed E-state index contributed by atoms with van der Waals surface area (Å²) in [5.74, 6) is 0. The maximum atomic E-state index is 11.3. The van der Waals surface area contributed by atoms with E-state index in [-0.39, 0.29) is 12.1 Å². The lowest BCUT2D eigenvalue weighted by Gasteiger charge is -2.22. The predicted octanol–water partition coefficient (Wildman–Crippen LogP) is -0.728. The molecule has 0 bridgehead atoms. The van der Waals surface area contributed by atoms with E-state index in [1.54, 1.807) is 10.3 Å². The Bertz CT molecular complexity index is 335. The van der Waals surface area contributed by atoms with Crippen LogP contribution in [0.3, 0.4) is 0 Å². The Morgan fingerprint density at radius 3 is 2.72 bits per heavy atom. The SMILES string of the molecule is CCC(CN1CCNC1=O)NC(=O)NNC(=O)O. The second kappa shape index (κ2) is 6.52. The molecule has 1 aliphatic heterocycles. The maximum absolute atomic E-state index is 11.3. The van der Waals surface area contributed by atoms with Gasteiger partial charge in [-0.05, 0) is 6.42 Å². The van der Waals surface area contributed by atoms with E-state index in [9.17, 15) is 14.4 Å². The number of nitrogens with zero attached hydrogens (tertiary/aromatic N) is 1. The van der Waals surface area contributed by atoms with Crippen LogP contribution in [-0.4, -0.2) is 53.8 Å². The van der Waals surface area contributed by atoms with Gasteiger partial charge in [-0.3, -0.25) is 0 Å². The fourth-order valence-corrected chi connectivity index (χ4v) is 1.56. The molecule has 0 aromatic heterocycles. The number of amides is 5. The van der Waals surface area contributed by atoms with Crippen molar-refractivity contribution in [3.8, 4) is 0 Å². The maximum Gasteiger partial charge on any atom is 0.423 e. The van der Waals surface area contributed by atoms with E-state index in [0.29, 0.717) is 26.1 Å². The molecule has 9 nitrogen and oxygen atoms in total. The van der Waals surface area contributed by atoms with E-state index >= 15 is 0 Å². The molecule has 18 heavy (non-hydrogen) atoms. The van der Waals surface area contributed by atoms with Gasteiger partial charge in [0.1, 0.15) is 0 Å². The van der Waals surface area contributed by atoms with Crippen LogP contribution in [0.2, 0.25) is 0 Å². The van der Waals surface area contributed by atoms with Crippen LogP contribution in [0.1, 0.15) is 13.3 Å². The third-order valence-electron chi connectivity index (χ3n) is 2.50. The van der Waals surface area contributed by atoms with Crippen LogP contribution in [0.5, 0.6) is 0 Å². The van der Waals surface area contributed by atoms with Gasteiger partial charge in [0.15, 0.2) is 0 Å². The van der Waals surface area contributed by atoms with Crippen molar-refractivity contribution < 1.29 is 19.5 Å². The predicted molar refractivity (Wildman–Crippen MR) is 61.9 cm³/mol. The lowest BCUT2D eigenvalue weighted by atomic mass is 10.2. The highest BCUT2D eigenvalue weighted by atomic mass is 16.4. The van der Waals surface area contributed by atoms with E-state index in [0.717, 1.165) is 0 Å². The number of urea groups is 2. The standard InChI is InChI=1S/C9H17N5O4/c1-2-6(5-14-4-3-10-8(14)16)11-7(15)12-13-9(17)18/h6,13H,2-5H2,1H3,(H,10,16)(H,17,18)(H2,11,12,15). The number of nitrogens with one attached hydrogen (secondary N) is 4. The molecule has 0 saturated carbocycles. The van der Waals surface area contributed by atoms with Crippen LogP contribution in [0, 0.1) is 0 Å². The first-order valence-electron chi connectivity index (χ1n) is 5.61. The first kappa shape index (κ1) is 13.9. The Kier molecular flexibility index (Phi) is 5.03. The van der Waals surface area contributed by atoms with Gasteiger partial charge < -0.3 is 20.6 Å². The molecule has 0 aliphatic carbocycles. The molecule has 5 N–H and O–H groups in total. The molecule has 0 aromatic carbocycles. The van der Waals surface area contributed by atoms with E-state index < -0.39 is 12.1 Å². The fourth-order valence-electron chi connectivity index (χ4n) is 1.56. The molecule has 0 aromatic rings. The minimum atomic E-state index is -1.35.